The summed E-state index contributed by atoms with van der Waals surface area (Å²) in [7, 11) is 5.61. The van der Waals surface area contributed by atoms with E-state index in [1.807, 2.05) is 19.0 Å². The van der Waals surface area contributed by atoms with Gasteiger partial charge in [0.1, 0.15) is 0 Å². The zero-order valence-corrected chi connectivity index (χ0v) is 11.8. The van der Waals surface area contributed by atoms with Gasteiger partial charge in [-0.2, -0.15) is 15.0 Å². The molecule has 0 aliphatic carbocycles. The summed E-state index contributed by atoms with van der Waals surface area (Å²) in [6.07, 6.45) is 2.13. The normalized spacial score (nSPS) is 19.4. The number of rotatable bonds is 4. The Balaban J connectivity index is 2.25. The van der Waals surface area contributed by atoms with E-state index in [-0.39, 0.29) is 6.61 Å². The first-order valence-corrected chi connectivity index (χ1v) is 6.61. The average Bonchev–Trinajstić information content (AvgIpc) is 2.46. The third-order valence-electron chi connectivity index (χ3n) is 3.30. The van der Waals surface area contributed by atoms with E-state index in [0.29, 0.717) is 23.8 Å². The molecule has 1 saturated heterocycles. The van der Waals surface area contributed by atoms with Crippen LogP contribution in [0.5, 0.6) is 0 Å². The Morgan fingerprint density at radius 2 is 2.16 bits per heavy atom. The maximum atomic E-state index is 9.30. The number of anilines is 3. The van der Waals surface area contributed by atoms with Crippen molar-refractivity contribution in [1.82, 2.24) is 15.0 Å². The summed E-state index contributed by atoms with van der Waals surface area (Å²) in [6, 6.07) is 0. The third-order valence-corrected chi connectivity index (χ3v) is 3.30. The van der Waals surface area contributed by atoms with Crippen LogP contribution >= 0.6 is 0 Å². The minimum atomic E-state index is 0.223. The number of hydrogen-bond acceptors (Lipinski definition) is 7. The Bertz CT molecular complexity index is 425. The molecule has 19 heavy (non-hydrogen) atoms. The highest BCUT2D eigenvalue weighted by molar-refractivity contribution is 5.44. The molecular formula is C12H22N6O. The second kappa shape index (κ2) is 6.01. The fourth-order valence-electron chi connectivity index (χ4n) is 2.20. The van der Waals surface area contributed by atoms with E-state index in [1.54, 1.807) is 7.05 Å². The molecule has 2 heterocycles. The molecule has 7 heteroatoms. The van der Waals surface area contributed by atoms with E-state index in [9.17, 15) is 5.11 Å². The van der Waals surface area contributed by atoms with Gasteiger partial charge in [-0.3, -0.25) is 0 Å². The first-order chi connectivity index (χ1) is 9.13. The molecule has 1 fully saturated rings. The number of aromatic nitrogens is 3. The molecule has 1 aromatic rings. The van der Waals surface area contributed by atoms with Gasteiger partial charge in [0, 0.05) is 40.8 Å². The van der Waals surface area contributed by atoms with Gasteiger partial charge < -0.3 is 20.2 Å². The van der Waals surface area contributed by atoms with Gasteiger partial charge in [0.05, 0.1) is 0 Å². The van der Waals surface area contributed by atoms with Crippen LogP contribution in [0.1, 0.15) is 12.8 Å². The summed E-state index contributed by atoms with van der Waals surface area (Å²) >= 11 is 0. The van der Waals surface area contributed by atoms with Crippen molar-refractivity contribution in [1.29, 1.82) is 0 Å². The highest BCUT2D eigenvalue weighted by Crippen LogP contribution is 2.22. The van der Waals surface area contributed by atoms with Crippen LogP contribution in [-0.2, 0) is 0 Å². The van der Waals surface area contributed by atoms with Crippen LogP contribution < -0.4 is 15.1 Å². The number of hydrogen-bond donors (Lipinski definition) is 2. The van der Waals surface area contributed by atoms with E-state index >= 15 is 0 Å². The Kier molecular flexibility index (Phi) is 4.36. The molecule has 7 nitrogen and oxygen atoms in total. The standard InChI is InChI=1S/C12H22N6O/c1-13-10-14-11(17(2)3)16-12(15-10)18-6-4-5-9(7-18)8-19/h9,19H,4-8H2,1-3H3,(H,13,14,15,16). The highest BCUT2D eigenvalue weighted by Gasteiger charge is 2.22. The van der Waals surface area contributed by atoms with Crippen molar-refractivity contribution in [2.75, 3.05) is 56.0 Å². The number of nitrogens with zero attached hydrogens (tertiary/aromatic N) is 5. The molecule has 1 unspecified atom stereocenters. The van der Waals surface area contributed by atoms with Gasteiger partial charge in [0.15, 0.2) is 0 Å². The Morgan fingerprint density at radius 3 is 2.79 bits per heavy atom. The predicted molar refractivity (Wildman–Crippen MR) is 75.7 cm³/mol. The second-order valence-corrected chi connectivity index (χ2v) is 5.04. The molecule has 1 aromatic heterocycles. The lowest BCUT2D eigenvalue weighted by Crippen LogP contribution is -2.38. The molecule has 106 valence electrons. The molecule has 0 bridgehead atoms. The van der Waals surface area contributed by atoms with Crippen LogP contribution in [0.15, 0.2) is 0 Å². The molecule has 1 aliphatic heterocycles. The van der Waals surface area contributed by atoms with Crippen LogP contribution in [0.4, 0.5) is 17.8 Å². The van der Waals surface area contributed by atoms with Gasteiger partial charge in [0.2, 0.25) is 17.8 Å². The quantitative estimate of drug-likeness (QED) is 0.805. The van der Waals surface area contributed by atoms with Gasteiger partial charge in [-0.1, -0.05) is 0 Å². The number of aliphatic hydroxyl groups excluding tert-OH is 1. The Hall–Kier alpha value is -1.63. The third kappa shape index (κ3) is 3.23. The minimum Gasteiger partial charge on any atom is -0.396 e. The predicted octanol–water partition coefficient (Wildman–Crippen LogP) is 0.188. The van der Waals surface area contributed by atoms with Crippen LogP contribution in [0.3, 0.4) is 0 Å². The van der Waals surface area contributed by atoms with Crippen molar-refractivity contribution in [3.63, 3.8) is 0 Å². The maximum absolute atomic E-state index is 9.30. The smallest absolute Gasteiger partial charge is 0.231 e. The summed E-state index contributed by atoms with van der Waals surface area (Å²) in [6.45, 7) is 1.95. The lowest BCUT2D eigenvalue weighted by Gasteiger charge is -2.32. The Labute approximate surface area is 113 Å². The summed E-state index contributed by atoms with van der Waals surface area (Å²) < 4.78 is 0. The van der Waals surface area contributed by atoms with Gasteiger partial charge >= 0.3 is 0 Å². The molecule has 0 saturated carbocycles. The van der Waals surface area contributed by atoms with Gasteiger partial charge in [0.25, 0.3) is 0 Å². The van der Waals surface area contributed by atoms with Gasteiger partial charge in [-0.25, -0.2) is 0 Å². The summed E-state index contributed by atoms with van der Waals surface area (Å²) in [5.41, 5.74) is 0. The lowest BCUT2D eigenvalue weighted by atomic mass is 9.99. The minimum absolute atomic E-state index is 0.223. The molecule has 0 spiro atoms. The summed E-state index contributed by atoms with van der Waals surface area (Å²) in [4.78, 5) is 17.2. The van der Waals surface area contributed by atoms with Crippen LogP contribution in [-0.4, -0.2) is 60.9 Å². The molecule has 0 radical (unpaired) electrons. The largest absolute Gasteiger partial charge is 0.396 e. The fraction of sp³-hybridized carbons (Fsp3) is 0.750. The van der Waals surface area contributed by atoms with Crippen molar-refractivity contribution in [3.05, 3.63) is 0 Å². The van der Waals surface area contributed by atoms with Gasteiger partial charge in [-0.05, 0) is 18.8 Å². The van der Waals surface area contributed by atoms with E-state index in [2.05, 4.69) is 25.2 Å². The van der Waals surface area contributed by atoms with Gasteiger partial charge in [-0.15, -0.1) is 0 Å². The molecule has 1 aliphatic rings. The molecular weight excluding hydrogens is 244 g/mol. The van der Waals surface area contributed by atoms with Crippen molar-refractivity contribution < 1.29 is 5.11 Å². The number of aliphatic hydroxyl groups is 1. The number of piperidine rings is 1. The molecule has 1 atom stereocenters. The molecule has 2 N–H and O–H groups in total. The molecule has 0 amide bonds. The first-order valence-electron chi connectivity index (χ1n) is 6.61. The SMILES string of the molecule is CNc1nc(N(C)C)nc(N2CCCC(CO)C2)n1. The Morgan fingerprint density at radius 1 is 1.37 bits per heavy atom. The second-order valence-electron chi connectivity index (χ2n) is 5.04. The maximum Gasteiger partial charge on any atom is 0.231 e. The number of nitrogens with one attached hydrogen (secondary N) is 1. The van der Waals surface area contributed by atoms with Crippen LogP contribution in [0, 0.1) is 5.92 Å². The molecule has 2 rings (SSSR count). The highest BCUT2D eigenvalue weighted by atomic mass is 16.3. The van der Waals surface area contributed by atoms with Crippen molar-refractivity contribution in [2.24, 2.45) is 5.92 Å². The van der Waals surface area contributed by atoms with Crippen LogP contribution in [0.2, 0.25) is 0 Å². The van der Waals surface area contributed by atoms with E-state index in [4.69, 9.17) is 0 Å². The summed E-state index contributed by atoms with van der Waals surface area (Å²) in [5.74, 6) is 2.20. The fourth-order valence-corrected chi connectivity index (χ4v) is 2.20. The zero-order chi connectivity index (χ0) is 13.8. The van der Waals surface area contributed by atoms with Crippen LogP contribution in [0.25, 0.3) is 0 Å². The van der Waals surface area contributed by atoms with E-state index in [0.717, 1.165) is 25.9 Å². The average molecular weight is 266 g/mol. The topological polar surface area (TPSA) is 77.4 Å². The summed E-state index contributed by atoms with van der Waals surface area (Å²) in [5, 5.41) is 12.3. The van der Waals surface area contributed by atoms with E-state index in [1.165, 1.54) is 0 Å². The zero-order valence-electron chi connectivity index (χ0n) is 11.8. The monoisotopic (exact) mass is 266 g/mol. The first kappa shape index (κ1) is 13.8. The molecule has 0 aromatic carbocycles. The van der Waals surface area contributed by atoms with Crippen molar-refractivity contribution >= 4 is 17.8 Å². The lowest BCUT2D eigenvalue weighted by molar-refractivity contribution is 0.208. The van der Waals surface area contributed by atoms with Crippen molar-refractivity contribution in [3.8, 4) is 0 Å². The van der Waals surface area contributed by atoms with E-state index < -0.39 is 0 Å². The van der Waals surface area contributed by atoms with Crippen molar-refractivity contribution in [2.45, 2.75) is 12.8 Å².